The van der Waals surface area contributed by atoms with Crippen molar-refractivity contribution >= 4 is 5.57 Å². The first-order valence-electron chi connectivity index (χ1n) is 10.9. The highest BCUT2D eigenvalue weighted by atomic mass is 14.6. The summed E-state index contributed by atoms with van der Waals surface area (Å²) in [6.45, 7) is 11.5. The lowest BCUT2D eigenvalue weighted by molar-refractivity contribution is 0.421. The summed E-state index contributed by atoms with van der Waals surface area (Å²) < 4.78 is 0. The van der Waals surface area contributed by atoms with Crippen LogP contribution in [-0.4, -0.2) is 0 Å². The number of fused-ring (bicyclic) bond motifs is 1. The highest BCUT2D eigenvalue weighted by Gasteiger charge is 2.61. The van der Waals surface area contributed by atoms with E-state index in [9.17, 15) is 0 Å². The SMILES string of the molecule is CCC(CC)c1ccc(C2=CCC3(C(C)c4cc(C)cc(C)c4)CC23)cc1. The minimum atomic E-state index is 0.476. The molecule has 27 heavy (non-hydrogen) atoms. The minimum absolute atomic E-state index is 0.476. The van der Waals surface area contributed by atoms with Gasteiger partial charge in [0.1, 0.15) is 0 Å². The molecular weight excluding hydrogens is 324 g/mol. The number of hydrogen-bond donors (Lipinski definition) is 0. The molecule has 3 atom stereocenters. The first kappa shape index (κ1) is 18.5. The van der Waals surface area contributed by atoms with Gasteiger partial charge in [-0.15, -0.1) is 0 Å². The number of allylic oxidation sites excluding steroid dienone is 2. The van der Waals surface area contributed by atoms with Crippen molar-refractivity contribution in [2.75, 3.05) is 0 Å². The average molecular weight is 359 g/mol. The van der Waals surface area contributed by atoms with Crippen molar-refractivity contribution in [2.45, 2.75) is 72.1 Å². The Bertz CT molecular complexity index is 830. The van der Waals surface area contributed by atoms with E-state index in [0.717, 1.165) is 5.92 Å². The maximum absolute atomic E-state index is 2.54. The zero-order valence-electron chi connectivity index (χ0n) is 17.7. The third-order valence-electron chi connectivity index (χ3n) is 7.50. The Kier molecular flexibility index (Phi) is 4.78. The molecule has 2 aliphatic rings. The number of benzene rings is 2. The van der Waals surface area contributed by atoms with E-state index < -0.39 is 0 Å². The fourth-order valence-electron chi connectivity index (χ4n) is 5.68. The van der Waals surface area contributed by atoms with Crippen molar-refractivity contribution in [3.63, 3.8) is 0 Å². The summed E-state index contributed by atoms with van der Waals surface area (Å²) in [5.74, 6) is 2.10. The molecule has 3 unspecified atom stereocenters. The van der Waals surface area contributed by atoms with E-state index in [4.69, 9.17) is 0 Å². The molecular formula is C27H34. The summed E-state index contributed by atoms with van der Waals surface area (Å²) in [6, 6.07) is 16.6. The van der Waals surface area contributed by atoms with Gasteiger partial charge in [0.05, 0.1) is 0 Å². The molecule has 0 N–H and O–H groups in total. The van der Waals surface area contributed by atoms with Gasteiger partial charge in [0.25, 0.3) is 0 Å². The van der Waals surface area contributed by atoms with Crippen molar-refractivity contribution in [3.8, 4) is 0 Å². The zero-order chi connectivity index (χ0) is 19.2. The van der Waals surface area contributed by atoms with Crippen molar-refractivity contribution in [1.82, 2.24) is 0 Å². The van der Waals surface area contributed by atoms with E-state index in [2.05, 4.69) is 83.2 Å². The van der Waals surface area contributed by atoms with Gasteiger partial charge in [-0.3, -0.25) is 0 Å². The van der Waals surface area contributed by atoms with Gasteiger partial charge in [-0.05, 0) is 85.0 Å². The topological polar surface area (TPSA) is 0 Å². The predicted octanol–water partition coefficient (Wildman–Crippen LogP) is 7.80. The van der Waals surface area contributed by atoms with Gasteiger partial charge in [-0.2, -0.15) is 0 Å². The van der Waals surface area contributed by atoms with Crippen molar-refractivity contribution < 1.29 is 0 Å². The van der Waals surface area contributed by atoms with E-state index in [1.54, 1.807) is 5.57 Å². The first-order valence-corrected chi connectivity index (χ1v) is 10.9. The van der Waals surface area contributed by atoms with E-state index in [1.807, 2.05) is 0 Å². The molecule has 0 radical (unpaired) electrons. The Labute approximate surface area is 165 Å². The highest BCUT2D eigenvalue weighted by molar-refractivity contribution is 5.74. The molecule has 0 heterocycles. The van der Waals surface area contributed by atoms with Crippen LogP contribution in [0.15, 0.2) is 48.5 Å². The van der Waals surface area contributed by atoms with Crippen LogP contribution in [0.1, 0.15) is 86.1 Å². The molecule has 0 spiro atoms. The summed E-state index contributed by atoms with van der Waals surface area (Å²) in [5.41, 5.74) is 9.39. The molecule has 0 amide bonds. The quantitative estimate of drug-likeness (QED) is 0.494. The lowest BCUT2D eigenvalue weighted by Crippen LogP contribution is -2.11. The molecule has 0 aromatic heterocycles. The fraction of sp³-hybridized carbons (Fsp3) is 0.481. The molecule has 1 fully saturated rings. The first-order chi connectivity index (χ1) is 13.0. The number of aryl methyl sites for hydroxylation is 2. The van der Waals surface area contributed by atoms with Crippen LogP contribution in [-0.2, 0) is 0 Å². The summed E-state index contributed by atoms with van der Waals surface area (Å²) >= 11 is 0. The largest absolute Gasteiger partial charge is 0.0798 e. The third kappa shape index (κ3) is 3.18. The average Bonchev–Trinajstić information content (AvgIpc) is 3.28. The molecule has 0 heteroatoms. The Balaban J connectivity index is 1.53. The monoisotopic (exact) mass is 358 g/mol. The number of hydrogen-bond acceptors (Lipinski definition) is 0. The maximum atomic E-state index is 2.54. The van der Waals surface area contributed by atoms with Crippen molar-refractivity contribution in [3.05, 3.63) is 76.4 Å². The van der Waals surface area contributed by atoms with Crippen LogP contribution in [0.2, 0.25) is 0 Å². The third-order valence-corrected chi connectivity index (χ3v) is 7.50. The molecule has 2 aromatic rings. The van der Waals surface area contributed by atoms with Crippen molar-refractivity contribution in [2.24, 2.45) is 11.3 Å². The summed E-state index contributed by atoms with van der Waals surface area (Å²) in [6.07, 6.45) is 7.62. The molecule has 1 saturated carbocycles. The van der Waals surface area contributed by atoms with E-state index in [-0.39, 0.29) is 0 Å². The second kappa shape index (κ2) is 6.97. The van der Waals surface area contributed by atoms with Gasteiger partial charge in [-0.25, -0.2) is 0 Å². The second-order valence-corrected chi connectivity index (χ2v) is 9.13. The van der Waals surface area contributed by atoms with E-state index >= 15 is 0 Å². The predicted molar refractivity (Wildman–Crippen MR) is 117 cm³/mol. The maximum Gasteiger partial charge on any atom is -0.00878 e. The van der Waals surface area contributed by atoms with Crippen LogP contribution in [0, 0.1) is 25.2 Å². The molecule has 0 bridgehead atoms. The Hall–Kier alpha value is -1.82. The molecule has 0 aliphatic heterocycles. The molecule has 142 valence electrons. The summed E-state index contributed by atoms with van der Waals surface area (Å²) in [4.78, 5) is 0. The molecule has 0 nitrogen and oxygen atoms in total. The van der Waals surface area contributed by atoms with Crippen LogP contribution >= 0.6 is 0 Å². The van der Waals surface area contributed by atoms with Crippen LogP contribution in [0.5, 0.6) is 0 Å². The fourth-order valence-corrected chi connectivity index (χ4v) is 5.68. The van der Waals surface area contributed by atoms with Crippen LogP contribution in [0.25, 0.3) is 5.57 Å². The Morgan fingerprint density at radius 1 is 0.926 bits per heavy atom. The van der Waals surface area contributed by atoms with Crippen molar-refractivity contribution in [1.29, 1.82) is 0 Å². The zero-order valence-corrected chi connectivity index (χ0v) is 17.7. The second-order valence-electron chi connectivity index (χ2n) is 9.13. The molecule has 2 aromatic carbocycles. The van der Waals surface area contributed by atoms with Gasteiger partial charge in [0, 0.05) is 0 Å². The molecule has 4 rings (SSSR count). The standard InChI is InChI=1S/C27H34/c1-6-21(7-2)22-8-10-23(11-9-22)25-12-13-27(17-26(25)27)20(5)24-15-18(3)14-19(4)16-24/h8-12,14-16,20-21,26H,6-7,13,17H2,1-5H3. The van der Waals surface area contributed by atoms with Gasteiger partial charge >= 0.3 is 0 Å². The highest BCUT2D eigenvalue weighted by Crippen LogP contribution is 2.71. The van der Waals surface area contributed by atoms with Crippen LogP contribution in [0.3, 0.4) is 0 Å². The van der Waals surface area contributed by atoms with Crippen LogP contribution < -0.4 is 0 Å². The van der Waals surface area contributed by atoms with Gasteiger partial charge in [0.2, 0.25) is 0 Å². The molecule has 0 saturated heterocycles. The Morgan fingerprint density at radius 3 is 2.11 bits per heavy atom. The molecule has 2 aliphatic carbocycles. The Morgan fingerprint density at radius 2 is 1.56 bits per heavy atom. The van der Waals surface area contributed by atoms with Gasteiger partial charge < -0.3 is 0 Å². The van der Waals surface area contributed by atoms with Gasteiger partial charge in [0.15, 0.2) is 0 Å². The smallest absolute Gasteiger partial charge is 0.00878 e. The summed E-state index contributed by atoms with van der Waals surface area (Å²) in [5, 5.41) is 0. The normalized spacial score (nSPS) is 24.7. The number of rotatable bonds is 6. The lowest BCUT2D eigenvalue weighted by atomic mass is 9.81. The summed E-state index contributed by atoms with van der Waals surface area (Å²) in [7, 11) is 0. The van der Waals surface area contributed by atoms with Gasteiger partial charge in [-0.1, -0.05) is 80.4 Å². The minimum Gasteiger partial charge on any atom is -0.0798 e. The van der Waals surface area contributed by atoms with Crippen LogP contribution in [0.4, 0.5) is 0 Å². The van der Waals surface area contributed by atoms with E-state index in [0.29, 0.717) is 17.3 Å². The lowest BCUT2D eigenvalue weighted by Gasteiger charge is -2.23. The van der Waals surface area contributed by atoms with E-state index in [1.165, 1.54) is 53.5 Å².